The lowest BCUT2D eigenvalue weighted by Crippen LogP contribution is -2.27. The van der Waals surface area contributed by atoms with E-state index >= 15 is 0 Å². The number of rotatable bonds is 7. The fraction of sp³-hybridized carbons (Fsp3) is 0.150. The van der Waals surface area contributed by atoms with Gasteiger partial charge in [0, 0.05) is 40.5 Å². The molecule has 0 unspecified atom stereocenters. The van der Waals surface area contributed by atoms with Crippen molar-refractivity contribution in [1.82, 2.24) is 10.3 Å². The van der Waals surface area contributed by atoms with Gasteiger partial charge in [0.15, 0.2) is 5.13 Å². The van der Waals surface area contributed by atoms with Crippen LogP contribution in [0, 0.1) is 5.82 Å². The number of amides is 2. The molecule has 0 aliphatic rings. The number of halogens is 2. The fourth-order valence-electron chi connectivity index (χ4n) is 2.45. The Morgan fingerprint density at radius 3 is 2.61 bits per heavy atom. The van der Waals surface area contributed by atoms with Gasteiger partial charge >= 0.3 is 0 Å². The van der Waals surface area contributed by atoms with E-state index in [2.05, 4.69) is 31.5 Å². The van der Waals surface area contributed by atoms with Crippen molar-refractivity contribution in [1.29, 1.82) is 0 Å². The van der Waals surface area contributed by atoms with Crippen LogP contribution in [0.3, 0.4) is 0 Å². The number of aromatic nitrogens is 1. The van der Waals surface area contributed by atoms with Crippen LogP contribution in [0.4, 0.5) is 9.52 Å². The highest BCUT2D eigenvalue weighted by atomic mass is 79.9. The van der Waals surface area contributed by atoms with E-state index in [1.165, 1.54) is 17.4 Å². The summed E-state index contributed by atoms with van der Waals surface area (Å²) in [6.07, 6.45) is 2.18. The second kappa shape index (κ2) is 9.57. The molecule has 1 aromatic heterocycles. The SMILES string of the molecule is O=C(CCNC(=O)c1ccc(Br)cc1)Nc1ncc(Cc2ccccc2F)s1. The maximum absolute atomic E-state index is 13.7. The van der Waals surface area contributed by atoms with Gasteiger partial charge in [-0.1, -0.05) is 34.1 Å². The smallest absolute Gasteiger partial charge is 0.251 e. The first-order valence-corrected chi connectivity index (χ1v) is 10.1. The molecular weight excluding hydrogens is 445 g/mol. The molecular formula is C20H17BrFN3O2S. The number of carbonyl (C=O) groups is 2. The van der Waals surface area contributed by atoms with Crippen molar-refractivity contribution in [3.05, 3.63) is 81.0 Å². The Bertz CT molecular complexity index is 976. The molecule has 0 radical (unpaired) electrons. The molecule has 0 fully saturated rings. The molecule has 0 saturated carbocycles. The van der Waals surface area contributed by atoms with E-state index < -0.39 is 0 Å². The van der Waals surface area contributed by atoms with Crippen LogP contribution in [0.2, 0.25) is 0 Å². The molecule has 3 rings (SSSR count). The number of benzene rings is 2. The number of carbonyl (C=O) groups excluding carboxylic acids is 2. The summed E-state index contributed by atoms with van der Waals surface area (Å²) < 4.78 is 14.6. The van der Waals surface area contributed by atoms with Crippen molar-refractivity contribution in [2.75, 3.05) is 11.9 Å². The topological polar surface area (TPSA) is 71.1 Å². The molecule has 0 aliphatic heterocycles. The molecule has 0 spiro atoms. The molecule has 8 heteroatoms. The van der Waals surface area contributed by atoms with E-state index in [9.17, 15) is 14.0 Å². The maximum atomic E-state index is 13.7. The highest BCUT2D eigenvalue weighted by Gasteiger charge is 2.10. The van der Waals surface area contributed by atoms with Crippen molar-refractivity contribution in [2.45, 2.75) is 12.8 Å². The molecule has 28 heavy (non-hydrogen) atoms. The van der Waals surface area contributed by atoms with Crippen LogP contribution in [0.5, 0.6) is 0 Å². The van der Waals surface area contributed by atoms with Crippen molar-refractivity contribution in [3.63, 3.8) is 0 Å². The van der Waals surface area contributed by atoms with Crippen molar-refractivity contribution >= 4 is 44.2 Å². The molecule has 0 saturated heterocycles. The summed E-state index contributed by atoms with van der Waals surface area (Å²) in [5, 5.41) is 5.86. The summed E-state index contributed by atoms with van der Waals surface area (Å²) in [6, 6.07) is 13.5. The third-order valence-electron chi connectivity index (χ3n) is 3.87. The van der Waals surface area contributed by atoms with Crippen molar-refractivity contribution in [2.24, 2.45) is 0 Å². The van der Waals surface area contributed by atoms with Crippen molar-refractivity contribution < 1.29 is 14.0 Å². The van der Waals surface area contributed by atoms with E-state index in [1.54, 1.807) is 48.7 Å². The molecule has 1 heterocycles. The summed E-state index contributed by atoms with van der Waals surface area (Å²) in [5.41, 5.74) is 1.11. The van der Waals surface area contributed by atoms with Gasteiger partial charge in [0.25, 0.3) is 5.91 Å². The van der Waals surface area contributed by atoms with Crippen LogP contribution in [0.15, 0.2) is 59.2 Å². The quantitative estimate of drug-likeness (QED) is 0.547. The normalized spacial score (nSPS) is 10.5. The molecule has 5 nitrogen and oxygen atoms in total. The van der Waals surface area contributed by atoms with E-state index in [0.29, 0.717) is 22.7 Å². The number of hydrogen-bond donors (Lipinski definition) is 2. The molecule has 3 aromatic rings. The molecule has 0 aliphatic carbocycles. The Kier molecular flexibility index (Phi) is 6.89. The Balaban J connectivity index is 1.45. The van der Waals surface area contributed by atoms with Gasteiger partial charge in [-0.2, -0.15) is 0 Å². The zero-order valence-electron chi connectivity index (χ0n) is 14.7. The number of hydrogen-bond acceptors (Lipinski definition) is 4. The summed E-state index contributed by atoms with van der Waals surface area (Å²) in [4.78, 5) is 29.0. The number of thiazole rings is 1. The van der Waals surface area contributed by atoms with Gasteiger partial charge in [0.2, 0.25) is 5.91 Å². The first-order valence-electron chi connectivity index (χ1n) is 8.53. The number of nitrogens with zero attached hydrogens (tertiary/aromatic N) is 1. The lowest BCUT2D eigenvalue weighted by molar-refractivity contribution is -0.116. The summed E-state index contributed by atoms with van der Waals surface area (Å²) in [6.45, 7) is 0.216. The second-order valence-electron chi connectivity index (χ2n) is 5.96. The van der Waals surface area contributed by atoms with E-state index in [-0.39, 0.29) is 30.6 Å². The zero-order chi connectivity index (χ0) is 19.9. The summed E-state index contributed by atoms with van der Waals surface area (Å²) in [7, 11) is 0. The first-order chi connectivity index (χ1) is 13.5. The van der Waals surface area contributed by atoms with Crippen LogP contribution in [0.1, 0.15) is 27.2 Å². The van der Waals surface area contributed by atoms with Gasteiger partial charge in [-0.3, -0.25) is 9.59 Å². The van der Waals surface area contributed by atoms with Gasteiger partial charge < -0.3 is 10.6 Å². The third kappa shape index (κ3) is 5.71. The fourth-order valence-corrected chi connectivity index (χ4v) is 3.57. The predicted molar refractivity (Wildman–Crippen MR) is 111 cm³/mol. The standard InChI is InChI=1S/C20H17BrFN3O2S/c21-15-7-5-13(6-8-15)19(27)23-10-9-18(26)25-20-24-12-16(28-20)11-14-3-1-2-4-17(14)22/h1-8,12H,9-11H2,(H,23,27)(H,24,25,26). The van der Waals surface area contributed by atoms with Gasteiger partial charge in [-0.25, -0.2) is 9.37 Å². The molecule has 2 aromatic carbocycles. The lowest BCUT2D eigenvalue weighted by atomic mass is 10.1. The Labute approximate surface area is 174 Å². The van der Waals surface area contributed by atoms with Crippen LogP contribution >= 0.6 is 27.3 Å². The summed E-state index contributed by atoms with van der Waals surface area (Å²) >= 11 is 4.61. The number of anilines is 1. The lowest BCUT2D eigenvalue weighted by Gasteiger charge is -2.05. The minimum absolute atomic E-state index is 0.129. The van der Waals surface area contributed by atoms with E-state index in [1.807, 2.05) is 0 Å². The van der Waals surface area contributed by atoms with E-state index in [4.69, 9.17) is 0 Å². The Hall–Kier alpha value is -2.58. The Morgan fingerprint density at radius 1 is 1.11 bits per heavy atom. The molecule has 2 amide bonds. The van der Waals surface area contributed by atoms with Crippen LogP contribution < -0.4 is 10.6 Å². The monoisotopic (exact) mass is 461 g/mol. The third-order valence-corrected chi connectivity index (χ3v) is 5.31. The highest BCUT2D eigenvalue weighted by molar-refractivity contribution is 9.10. The number of nitrogens with one attached hydrogen (secondary N) is 2. The maximum Gasteiger partial charge on any atom is 0.251 e. The molecule has 144 valence electrons. The van der Waals surface area contributed by atoms with Crippen LogP contribution in [0.25, 0.3) is 0 Å². The minimum Gasteiger partial charge on any atom is -0.352 e. The molecule has 2 N–H and O–H groups in total. The highest BCUT2D eigenvalue weighted by Crippen LogP contribution is 2.22. The van der Waals surface area contributed by atoms with Crippen molar-refractivity contribution in [3.8, 4) is 0 Å². The summed E-state index contributed by atoms with van der Waals surface area (Å²) in [5.74, 6) is -0.743. The minimum atomic E-state index is -0.261. The zero-order valence-corrected chi connectivity index (χ0v) is 17.1. The molecule has 0 bridgehead atoms. The van der Waals surface area contributed by atoms with Gasteiger partial charge in [0.05, 0.1) is 0 Å². The van der Waals surface area contributed by atoms with Gasteiger partial charge in [-0.15, -0.1) is 11.3 Å². The van der Waals surface area contributed by atoms with Crippen LogP contribution in [-0.4, -0.2) is 23.3 Å². The second-order valence-corrected chi connectivity index (χ2v) is 7.99. The predicted octanol–water partition coefficient (Wildman–Crippen LogP) is 4.39. The van der Waals surface area contributed by atoms with Gasteiger partial charge in [0.1, 0.15) is 5.82 Å². The Morgan fingerprint density at radius 2 is 1.86 bits per heavy atom. The van der Waals surface area contributed by atoms with Gasteiger partial charge in [-0.05, 0) is 35.9 Å². The van der Waals surface area contributed by atoms with Crippen LogP contribution in [-0.2, 0) is 11.2 Å². The van der Waals surface area contributed by atoms with E-state index in [0.717, 1.165) is 9.35 Å². The molecule has 0 atom stereocenters. The average molecular weight is 462 g/mol. The first kappa shape index (κ1) is 20.2. The average Bonchev–Trinajstić information content (AvgIpc) is 3.11. The largest absolute Gasteiger partial charge is 0.352 e.